The predicted octanol–water partition coefficient (Wildman–Crippen LogP) is 1.26. The summed E-state index contributed by atoms with van der Waals surface area (Å²) in [7, 11) is 0. The molecule has 1 aromatic rings. The van der Waals surface area contributed by atoms with Crippen LogP contribution in [-0.4, -0.2) is 12.5 Å². The summed E-state index contributed by atoms with van der Waals surface area (Å²) in [6, 6.07) is 9.51. The van der Waals surface area contributed by atoms with Gasteiger partial charge in [0.2, 0.25) is 5.91 Å². The van der Waals surface area contributed by atoms with Gasteiger partial charge in [-0.15, -0.1) is 0 Å². The third-order valence-electron chi connectivity index (χ3n) is 1.98. The number of para-hydroxylation sites is 1. The van der Waals surface area contributed by atoms with Crippen LogP contribution in [0.15, 0.2) is 30.3 Å². The monoisotopic (exact) mass is 207 g/mol. The summed E-state index contributed by atoms with van der Waals surface area (Å²) in [5.41, 5.74) is 11.7. The van der Waals surface area contributed by atoms with Gasteiger partial charge in [-0.1, -0.05) is 18.2 Å². The van der Waals surface area contributed by atoms with Crippen molar-refractivity contribution in [2.45, 2.75) is 19.3 Å². The van der Waals surface area contributed by atoms with Crippen molar-refractivity contribution in [1.29, 1.82) is 0 Å². The normalized spacial score (nSPS) is 9.67. The van der Waals surface area contributed by atoms with E-state index in [0.29, 0.717) is 13.0 Å². The van der Waals surface area contributed by atoms with E-state index in [1.165, 1.54) is 0 Å². The Hall–Kier alpha value is -1.55. The number of unbranched alkanes of at least 4 members (excludes halogenated alkanes) is 1. The number of nitrogens with two attached hydrogens (primary N) is 1. The Morgan fingerprint density at radius 2 is 1.93 bits per heavy atom. The van der Waals surface area contributed by atoms with Gasteiger partial charge in [-0.05, 0) is 31.5 Å². The van der Waals surface area contributed by atoms with E-state index in [-0.39, 0.29) is 5.91 Å². The fourth-order valence-corrected chi connectivity index (χ4v) is 1.16. The molecule has 1 aromatic carbocycles. The zero-order valence-electron chi connectivity index (χ0n) is 8.70. The van der Waals surface area contributed by atoms with E-state index in [0.717, 1.165) is 18.5 Å². The lowest BCUT2D eigenvalue weighted by atomic mass is 10.2. The number of hydrogen-bond donors (Lipinski definition) is 3. The Morgan fingerprint density at radius 3 is 2.60 bits per heavy atom. The number of carbonyl (C=O) groups excluding carboxylic acids is 1. The lowest BCUT2D eigenvalue weighted by Crippen LogP contribution is -2.29. The van der Waals surface area contributed by atoms with Gasteiger partial charge >= 0.3 is 0 Å². The van der Waals surface area contributed by atoms with E-state index in [4.69, 9.17) is 5.73 Å². The quantitative estimate of drug-likeness (QED) is 0.486. The molecule has 0 bridgehead atoms. The number of rotatable bonds is 6. The highest BCUT2D eigenvalue weighted by molar-refractivity contribution is 5.77. The van der Waals surface area contributed by atoms with Crippen LogP contribution in [0.25, 0.3) is 0 Å². The summed E-state index contributed by atoms with van der Waals surface area (Å²) >= 11 is 0. The topological polar surface area (TPSA) is 67.2 Å². The van der Waals surface area contributed by atoms with Gasteiger partial charge < -0.3 is 5.73 Å². The number of anilines is 1. The maximum absolute atomic E-state index is 11.3. The summed E-state index contributed by atoms with van der Waals surface area (Å²) < 4.78 is 0. The van der Waals surface area contributed by atoms with Gasteiger partial charge in [-0.3, -0.25) is 15.6 Å². The minimum atomic E-state index is -0.00713. The molecule has 1 rings (SSSR count). The number of hydrogen-bond acceptors (Lipinski definition) is 3. The molecule has 0 aliphatic carbocycles. The molecule has 0 aliphatic rings. The molecule has 0 radical (unpaired) electrons. The molecule has 1 amide bonds. The van der Waals surface area contributed by atoms with Crippen molar-refractivity contribution < 1.29 is 4.79 Å². The first-order chi connectivity index (χ1) is 7.33. The van der Waals surface area contributed by atoms with Crippen LogP contribution in [0.3, 0.4) is 0 Å². The van der Waals surface area contributed by atoms with E-state index in [1.54, 1.807) is 0 Å². The SMILES string of the molecule is NCCCCC(=O)NNc1ccccc1. The molecule has 15 heavy (non-hydrogen) atoms. The Balaban J connectivity index is 2.17. The first kappa shape index (κ1) is 11.5. The first-order valence-electron chi connectivity index (χ1n) is 5.13. The second-order valence-corrected chi connectivity index (χ2v) is 3.28. The van der Waals surface area contributed by atoms with E-state index < -0.39 is 0 Å². The van der Waals surface area contributed by atoms with Crippen LogP contribution in [0.4, 0.5) is 5.69 Å². The van der Waals surface area contributed by atoms with E-state index in [1.807, 2.05) is 30.3 Å². The van der Waals surface area contributed by atoms with Crippen LogP contribution in [0.2, 0.25) is 0 Å². The molecular formula is C11H17N3O. The molecule has 0 fully saturated rings. The summed E-state index contributed by atoms with van der Waals surface area (Å²) in [5, 5.41) is 0. The van der Waals surface area contributed by atoms with Crippen molar-refractivity contribution >= 4 is 11.6 Å². The average Bonchev–Trinajstić information content (AvgIpc) is 2.28. The van der Waals surface area contributed by atoms with Crippen molar-refractivity contribution in [2.24, 2.45) is 5.73 Å². The van der Waals surface area contributed by atoms with E-state index in [9.17, 15) is 4.79 Å². The maximum Gasteiger partial charge on any atom is 0.238 e. The summed E-state index contributed by atoms with van der Waals surface area (Å²) in [4.78, 5) is 11.3. The molecule has 0 heterocycles. The predicted molar refractivity (Wildman–Crippen MR) is 61.1 cm³/mol. The second-order valence-electron chi connectivity index (χ2n) is 3.28. The first-order valence-corrected chi connectivity index (χ1v) is 5.13. The van der Waals surface area contributed by atoms with Crippen LogP contribution in [-0.2, 0) is 4.79 Å². The molecular weight excluding hydrogens is 190 g/mol. The zero-order valence-corrected chi connectivity index (χ0v) is 8.70. The largest absolute Gasteiger partial charge is 0.330 e. The Morgan fingerprint density at radius 1 is 1.20 bits per heavy atom. The minimum absolute atomic E-state index is 0.00713. The van der Waals surface area contributed by atoms with Crippen LogP contribution in [0.1, 0.15) is 19.3 Å². The maximum atomic E-state index is 11.3. The van der Waals surface area contributed by atoms with Crippen molar-refractivity contribution in [3.63, 3.8) is 0 Å². The van der Waals surface area contributed by atoms with Crippen molar-refractivity contribution in [1.82, 2.24) is 5.43 Å². The number of amides is 1. The minimum Gasteiger partial charge on any atom is -0.330 e. The van der Waals surface area contributed by atoms with E-state index >= 15 is 0 Å². The zero-order chi connectivity index (χ0) is 10.9. The molecule has 0 aliphatic heterocycles. The molecule has 0 saturated carbocycles. The third-order valence-corrected chi connectivity index (χ3v) is 1.98. The summed E-state index contributed by atoms with van der Waals surface area (Å²) in [6.45, 7) is 0.638. The molecule has 0 aromatic heterocycles. The van der Waals surface area contributed by atoms with Crippen molar-refractivity contribution in [3.8, 4) is 0 Å². The Labute approximate surface area is 89.8 Å². The molecule has 0 saturated heterocycles. The van der Waals surface area contributed by atoms with Gasteiger partial charge in [0.1, 0.15) is 0 Å². The van der Waals surface area contributed by atoms with Crippen LogP contribution in [0, 0.1) is 0 Å². The number of carbonyl (C=O) groups is 1. The lowest BCUT2D eigenvalue weighted by molar-refractivity contribution is -0.120. The third kappa shape index (κ3) is 5.02. The van der Waals surface area contributed by atoms with Gasteiger partial charge in [0.15, 0.2) is 0 Å². The van der Waals surface area contributed by atoms with Crippen LogP contribution in [0.5, 0.6) is 0 Å². The number of benzene rings is 1. The summed E-state index contributed by atoms with van der Waals surface area (Å²) in [5.74, 6) is -0.00713. The molecule has 0 atom stereocenters. The highest BCUT2D eigenvalue weighted by Crippen LogP contribution is 2.02. The molecule has 0 spiro atoms. The van der Waals surface area contributed by atoms with Crippen molar-refractivity contribution in [3.05, 3.63) is 30.3 Å². The van der Waals surface area contributed by atoms with Gasteiger partial charge in [0, 0.05) is 6.42 Å². The number of hydrazine groups is 1. The van der Waals surface area contributed by atoms with Crippen LogP contribution < -0.4 is 16.6 Å². The van der Waals surface area contributed by atoms with Gasteiger partial charge in [0.25, 0.3) is 0 Å². The van der Waals surface area contributed by atoms with Crippen LogP contribution >= 0.6 is 0 Å². The molecule has 4 heteroatoms. The second kappa shape index (κ2) is 6.84. The highest BCUT2D eigenvalue weighted by atomic mass is 16.2. The fraction of sp³-hybridized carbons (Fsp3) is 0.364. The average molecular weight is 207 g/mol. The molecule has 4 nitrogen and oxygen atoms in total. The smallest absolute Gasteiger partial charge is 0.238 e. The fourth-order valence-electron chi connectivity index (χ4n) is 1.16. The standard InChI is InChI=1S/C11H17N3O/c12-9-5-4-8-11(15)14-13-10-6-2-1-3-7-10/h1-3,6-7,13H,4-5,8-9,12H2,(H,14,15). The molecule has 4 N–H and O–H groups in total. The highest BCUT2D eigenvalue weighted by Gasteiger charge is 1.99. The molecule has 82 valence electrons. The Bertz CT molecular complexity index is 287. The van der Waals surface area contributed by atoms with Gasteiger partial charge in [-0.25, -0.2) is 0 Å². The summed E-state index contributed by atoms with van der Waals surface area (Å²) in [6.07, 6.45) is 2.23. The van der Waals surface area contributed by atoms with Gasteiger partial charge in [-0.2, -0.15) is 0 Å². The van der Waals surface area contributed by atoms with E-state index in [2.05, 4.69) is 10.9 Å². The van der Waals surface area contributed by atoms with Crippen molar-refractivity contribution in [2.75, 3.05) is 12.0 Å². The van der Waals surface area contributed by atoms with Gasteiger partial charge in [0.05, 0.1) is 5.69 Å². The molecule has 0 unspecified atom stereocenters. The number of nitrogens with one attached hydrogen (secondary N) is 2. The lowest BCUT2D eigenvalue weighted by Gasteiger charge is -2.07. The Kier molecular flexibility index (Phi) is 5.25.